The summed E-state index contributed by atoms with van der Waals surface area (Å²) in [4.78, 5) is 8.08. The molecule has 0 spiro atoms. The van der Waals surface area contributed by atoms with Crippen LogP contribution in [0.1, 0.15) is 18.2 Å². The second-order valence-corrected chi connectivity index (χ2v) is 5.56. The molecule has 0 aliphatic carbocycles. The number of hydrogen-bond donors (Lipinski definition) is 1. The van der Waals surface area contributed by atoms with E-state index in [1.54, 1.807) is 14.2 Å². The number of hydrogen-bond acceptors (Lipinski definition) is 4. The zero-order valence-corrected chi connectivity index (χ0v) is 11.3. The Kier molecular flexibility index (Phi) is 3.07. The van der Waals surface area contributed by atoms with Crippen molar-refractivity contribution in [2.45, 2.75) is 12.3 Å². The largest absolute Gasteiger partial charge is 0.493 e. The SMILES string of the molecule is COc1cc2nc(C3CCSC3)[nH]c2cc1OC. The second kappa shape index (κ2) is 4.72. The number of nitrogens with zero attached hydrogens (tertiary/aromatic N) is 1. The normalized spacial score (nSPS) is 19.3. The van der Waals surface area contributed by atoms with Crippen molar-refractivity contribution in [2.24, 2.45) is 0 Å². The second-order valence-electron chi connectivity index (χ2n) is 4.41. The summed E-state index contributed by atoms with van der Waals surface area (Å²) in [6.45, 7) is 0. The van der Waals surface area contributed by atoms with Crippen molar-refractivity contribution < 1.29 is 9.47 Å². The van der Waals surface area contributed by atoms with Crippen LogP contribution in [0.3, 0.4) is 0 Å². The van der Waals surface area contributed by atoms with Gasteiger partial charge in [0.15, 0.2) is 11.5 Å². The first-order valence-electron chi connectivity index (χ1n) is 6.01. The molecule has 2 heterocycles. The summed E-state index contributed by atoms with van der Waals surface area (Å²) < 4.78 is 10.6. The van der Waals surface area contributed by atoms with Gasteiger partial charge in [0.25, 0.3) is 0 Å². The van der Waals surface area contributed by atoms with Gasteiger partial charge in [0, 0.05) is 23.8 Å². The van der Waals surface area contributed by atoms with Crippen LogP contribution in [0.2, 0.25) is 0 Å². The summed E-state index contributed by atoms with van der Waals surface area (Å²) in [6.07, 6.45) is 1.21. The van der Waals surface area contributed by atoms with Gasteiger partial charge < -0.3 is 14.5 Å². The van der Waals surface area contributed by atoms with Gasteiger partial charge in [0.2, 0.25) is 0 Å². The monoisotopic (exact) mass is 264 g/mol. The predicted octanol–water partition coefficient (Wildman–Crippen LogP) is 2.80. The van der Waals surface area contributed by atoms with Crippen molar-refractivity contribution in [1.82, 2.24) is 9.97 Å². The zero-order valence-electron chi connectivity index (χ0n) is 10.5. The van der Waals surface area contributed by atoms with Crippen molar-refractivity contribution in [3.8, 4) is 11.5 Å². The molecular weight excluding hydrogens is 248 g/mol. The van der Waals surface area contributed by atoms with Crippen LogP contribution in [0.25, 0.3) is 11.0 Å². The van der Waals surface area contributed by atoms with Crippen LogP contribution >= 0.6 is 11.8 Å². The summed E-state index contributed by atoms with van der Waals surface area (Å²) >= 11 is 1.99. The van der Waals surface area contributed by atoms with Crippen LogP contribution in [0.15, 0.2) is 12.1 Å². The van der Waals surface area contributed by atoms with Gasteiger partial charge in [-0.25, -0.2) is 4.98 Å². The molecule has 0 radical (unpaired) electrons. The maximum absolute atomic E-state index is 5.30. The Labute approximate surface area is 110 Å². The topological polar surface area (TPSA) is 47.1 Å². The highest BCUT2D eigenvalue weighted by Gasteiger charge is 2.21. The fourth-order valence-electron chi connectivity index (χ4n) is 2.30. The molecule has 1 aliphatic rings. The molecule has 4 nitrogen and oxygen atoms in total. The minimum Gasteiger partial charge on any atom is -0.493 e. The highest BCUT2D eigenvalue weighted by molar-refractivity contribution is 7.99. The number of imidazole rings is 1. The summed E-state index contributed by atoms with van der Waals surface area (Å²) in [5.41, 5.74) is 1.96. The average Bonchev–Trinajstić information content (AvgIpc) is 3.04. The van der Waals surface area contributed by atoms with Crippen molar-refractivity contribution >= 4 is 22.8 Å². The Hall–Kier alpha value is -1.36. The summed E-state index contributed by atoms with van der Waals surface area (Å²) in [5.74, 6) is 5.50. The van der Waals surface area contributed by atoms with Crippen molar-refractivity contribution in [3.05, 3.63) is 18.0 Å². The Morgan fingerprint density at radius 3 is 2.72 bits per heavy atom. The molecule has 2 aromatic rings. The van der Waals surface area contributed by atoms with E-state index < -0.39 is 0 Å². The van der Waals surface area contributed by atoms with E-state index >= 15 is 0 Å². The van der Waals surface area contributed by atoms with Crippen LogP contribution in [0.5, 0.6) is 11.5 Å². The number of aromatic nitrogens is 2. The molecule has 1 N–H and O–H groups in total. The van der Waals surface area contributed by atoms with Crippen LogP contribution in [-0.4, -0.2) is 35.7 Å². The molecule has 0 bridgehead atoms. The highest BCUT2D eigenvalue weighted by Crippen LogP contribution is 2.35. The van der Waals surface area contributed by atoms with E-state index in [9.17, 15) is 0 Å². The molecule has 3 rings (SSSR count). The highest BCUT2D eigenvalue weighted by atomic mass is 32.2. The van der Waals surface area contributed by atoms with Crippen molar-refractivity contribution in [2.75, 3.05) is 25.7 Å². The minimum absolute atomic E-state index is 0.555. The number of benzene rings is 1. The molecule has 5 heteroatoms. The molecule has 96 valence electrons. The predicted molar refractivity (Wildman–Crippen MR) is 73.9 cm³/mol. The van der Waals surface area contributed by atoms with Crippen LogP contribution in [0, 0.1) is 0 Å². The first-order chi connectivity index (χ1) is 8.81. The molecule has 1 saturated heterocycles. The van der Waals surface area contributed by atoms with E-state index in [-0.39, 0.29) is 0 Å². The molecule has 0 amide bonds. The molecule has 1 atom stereocenters. The average molecular weight is 264 g/mol. The lowest BCUT2D eigenvalue weighted by Crippen LogP contribution is -1.98. The van der Waals surface area contributed by atoms with Gasteiger partial charge in [-0.2, -0.15) is 11.8 Å². The maximum Gasteiger partial charge on any atom is 0.163 e. The molecular formula is C13H16N2O2S. The van der Waals surface area contributed by atoms with Gasteiger partial charge in [0.1, 0.15) is 5.82 Å². The Morgan fingerprint density at radius 1 is 1.28 bits per heavy atom. The third-order valence-corrected chi connectivity index (χ3v) is 4.48. The Morgan fingerprint density at radius 2 is 2.06 bits per heavy atom. The first kappa shape index (κ1) is 11.7. The van der Waals surface area contributed by atoms with E-state index in [0.717, 1.165) is 34.1 Å². The van der Waals surface area contributed by atoms with E-state index in [2.05, 4.69) is 9.97 Å². The standard InChI is InChI=1S/C13H16N2O2S/c1-16-11-5-9-10(6-12(11)17-2)15-13(14-9)8-3-4-18-7-8/h5-6,8H,3-4,7H2,1-2H3,(H,14,15). The lowest BCUT2D eigenvalue weighted by molar-refractivity contribution is 0.356. The zero-order chi connectivity index (χ0) is 12.5. The van der Waals surface area contributed by atoms with Gasteiger partial charge >= 0.3 is 0 Å². The minimum atomic E-state index is 0.555. The van der Waals surface area contributed by atoms with Crippen LogP contribution in [0.4, 0.5) is 0 Å². The lowest BCUT2D eigenvalue weighted by Gasteiger charge is -2.06. The van der Waals surface area contributed by atoms with Crippen molar-refractivity contribution in [3.63, 3.8) is 0 Å². The van der Waals surface area contributed by atoms with Crippen molar-refractivity contribution in [1.29, 1.82) is 0 Å². The summed E-state index contributed by atoms with van der Waals surface area (Å²) in [7, 11) is 3.29. The van der Waals surface area contributed by atoms with E-state index in [4.69, 9.17) is 9.47 Å². The fourth-order valence-corrected chi connectivity index (χ4v) is 3.53. The van der Waals surface area contributed by atoms with Gasteiger partial charge in [-0.1, -0.05) is 0 Å². The van der Waals surface area contributed by atoms with Gasteiger partial charge in [-0.15, -0.1) is 0 Å². The summed E-state index contributed by atoms with van der Waals surface area (Å²) in [6, 6.07) is 3.88. The van der Waals surface area contributed by atoms with Crippen LogP contribution in [-0.2, 0) is 0 Å². The Bertz CT molecular complexity index is 520. The third kappa shape index (κ3) is 1.92. The molecule has 1 aliphatic heterocycles. The quantitative estimate of drug-likeness (QED) is 0.926. The van der Waals surface area contributed by atoms with E-state index in [1.165, 1.54) is 12.2 Å². The number of thioether (sulfide) groups is 1. The molecule has 1 fully saturated rings. The number of aromatic amines is 1. The molecule has 0 saturated carbocycles. The molecule has 1 aromatic carbocycles. The van der Waals surface area contributed by atoms with Gasteiger partial charge in [0.05, 0.1) is 25.3 Å². The summed E-state index contributed by atoms with van der Waals surface area (Å²) in [5, 5.41) is 0. The van der Waals surface area contributed by atoms with Gasteiger partial charge in [-0.3, -0.25) is 0 Å². The number of rotatable bonds is 3. The Balaban J connectivity index is 2.05. The van der Waals surface area contributed by atoms with Gasteiger partial charge in [-0.05, 0) is 12.2 Å². The first-order valence-corrected chi connectivity index (χ1v) is 7.16. The third-order valence-electron chi connectivity index (χ3n) is 3.32. The van der Waals surface area contributed by atoms with Crippen LogP contribution < -0.4 is 9.47 Å². The lowest BCUT2D eigenvalue weighted by atomic mass is 10.1. The molecule has 1 unspecified atom stereocenters. The molecule has 1 aromatic heterocycles. The fraction of sp³-hybridized carbons (Fsp3) is 0.462. The number of ether oxygens (including phenoxy) is 2. The maximum atomic E-state index is 5.30. The number of fused-ring (bicyclic) bond motifs is 1. The number of methoxy groups -OCH3 is 2. The van der Waals surface area contributed by atoms with E-state index in [0.29, 0.717) is 5.92 Å². The molecule has 18 heavy (non-hydrogen) atoms. The number of H-pyrrole nitrogens is 1. The number of nitrogens with one attached hydrogen (secondary N) is 1. The van der Waals surface area contributed by atoms with E-state index in [1.807, 2.05) is 23.9 Å². The smallest absolute Gasteiger partial charge is 0.163 e.